The van der Waals surface area contributed by atoms with Gasteiger partial charge < -0.3 is 9.80 Å². The molecule has 2 aliphatic heterocycles. The molecule has 2 saturated heterocycles. The smallest absolute Gasteiger partial charge is 0.181 e. The maximum absolute atomic E-state index is 12.3. The highest BCUT2D eigenvalue weighted by Gasteiger charge is 2.52. The van der Waals surface area contributed by atoms with E-state index in [4.69, 9.17) is 12.2 Å². The molecule has 0 bridgehead atoms. The van der Waals surface area contributed by atoms with Crippen LogP contribution in [0.3, 0.4) is 0 Å². The van der Waals surface area contributed by atoms with Gasteiger partial charge in [0, 0.05) is 11.4 Å². The molecule has 0 saturated carbocycles. The van der Waals surface area contributed by atoms with Crippen LogP contribution < -0.4 is 9.80 Å². The van der Waals surface area contributed by atoms with Crippen molar-refractivity contribution in [3.8, 4) is 0 Å². The van der Waals surface area contributed by atoms with E-state index in [1.54, 1.807) is 0 Å². The zero-order chi connectivity index (χ0) is 17.8. The summed E-state index contributed by atoms with van der Waals surface area (Å²) in [6.45, 7) is 4.14. The van der Waals surface area contributed by atoms with Crippen molar-refractivity contribution in [1.82, 2.24) is 0 Å². The zero-order valence-corrected chi connectivity index (χ0v) is 15.8. The number of anilines is 2. The third-order valence-corrected chi connectivity index (χ3v) is 7.26. The molecule has 25 heavy (non-hydrogen) atoms. The van der Waals surface area contributed by atoms with Gasteiger partial charge >= 0.3 is 0 Å². The number of fused-ring (bicyclic) bond motifs is 1. The number of sulfone groups is 1. The van der Waals surface area contributed by atoms with Gasteiger partial charge in [0.15, 0.2) is 14.9 Å². The fraction of sp³-hybridized carbons (Fsp3) is 0.316. The minimum atomic E-state index is -3.07. The molecule has 4 nitrogen and oxygen atoms in total. The van der Waals surface area contributed by atoms with Crippen LogP contribution in [0.1, 0.15) is 11.1 Å². The minimum Gasteiger partial charge on any atom is -0.312 e. The van der Waals surface area contributed by atoms with Crippen molar-refractivity contribution in [1.29, 1.82) is 0 Å². The van der Waals surface area contributed by atoms with Crippen LogP contribution in [-0.4, -0.2) is 37.1 Å². The predicted octanol–water partition coefficient (Wildman–Crippen LogP) is 3.08. The fourth-order valence-corrected chi connectivity index (χ4v) is 6.17. The Morgan fingerprint density at radius 3 is 2.08 bits per heavy atom. The van der Waals surface area contributed by atoms with Crippen molar-refractivity contribution in [2.75, 3.05) is 21.3 Å². The molecule has 0 aromatic heterocycles. The predicted molar refractivity (Wildman–Crippen MR) is 106 cm³/mol. The number of thiocarbonyl (C=S) groups is 1. The molecule has 2 aromatic rings. The molecule has 4 rings (SSSR count). The molecule has 6 heteroatoms. The summed E-state index contributed by atoms with van der Waals surface area (Å²) in [7, 11) is -3.07. The molecule has 130 valence electrons. The Balaban J connectivity index is 1.82. The highest BCUT2D eigenvalue weighted by molar-refractivity contribution is 7.91. The number of para-hydroxylation sites is 1. The largest absolute Gasteiger partial charge is 0.312 e. The van der Waals surface area contributed by atoms with Crippen LogP contribution in [0.25, 0.3) is 0 Å². The first kappa shape index (κ1) is 16.5. The Morgan fingerprint density at radius 1 is 0.880 bits per heavy atom. The molecule has 0 aliphatic carbocycles. The molecular weight excluding hydrogens is 352 g/mol. The first-order valence-corrected chi connectivity index (χ1v) is 10.6. The summed E-state index contributed by atoms with van der Waals surface area (Å²) >= 11 is 5.79. The third-order valence-electron chi connectivity index (χ3n) is 5.17. The van der Waals surface area contributed by atoms with E-state index >= 15 is 0 Å². The highest BCUT2D eigenvalue weighted by Crippen LogP contribution is 2.38. The second-order valence-corrected chi connectivity index (χ2v) is 9.36. The molecule has 0 spiro atoms. The van der Waals surface area contributed by atoms with E-state index in [1.165, 1.54) is 11.1 Å². The summed E-state index contributed by atoms with van der Waals surface area (Å²) in [4.78, 5) is 4.05. The van der Waals surface area contributed by atoms with Crippen LogP contribution in [0, 0.1) is 13.8 Å². The monoisotopic (exact) mass is 372 g/mol. The van der Waals surface area contributed by atoms with Gasteiger partial charge in [0.1, 0.15) is 0 Å². The van der Waals surface area contributed by atoms with Gasteiger partial charge in [-0.05, 0) is 61.5 Å². The standard InChI is InChI=1S/C19H20N2O2S2/c1-13-8-9-16(10-14(13)2)21-18-12-25(22,23)11-17(18)20(19(21)24)15-6-4-3-5-7-15/h3-10,17-18H,11-12H2,1-2H3. The van der Waals surface area contributed by atoms with Crippen molar-refractivity contribution >= 4 is 38.5 Å². The Kier molecular flexibility index (Phi) is 3.85. The van der Waals surface area contributed by atoms with E-state index in [-0.39, 0.29) is 23.6 Å². The number of aryl methyl sites for hydroxylation is 2. The molecule has 0 N–H and O–H groups in total. The first-order chi connectivity index (χ1) is 11.9. The lowest BCUT2D eigenvalue weighted by Crippen LogP contribution is -2.37. The van der Waals surface area contributed by atoms with Gasteiger partial charge in [-0.1, -0.05) is 24.3 Å². The number of rotatable bonds is 2. The molecule has 2 aliphatic rings. The van der Waals surface area contributed by atoms with Gasteiger partial charge in [-0.25, -0.2) is 8.42 Å². The number of benzene rings is 2. The second kappa shape index (κ2) is 5.81. The summed E-state index contributed by atoms with van der Waals surface area (Å²) in [6.07, 6.45) is 0. The summed E-state index contributed by atoms with van der Waals surface area (Å²) in [5, 5.41) is 0.680. The normalized spacial score (nSPS) is 24.6. The average molecular weight is 373 g/mol. The lowest BCUT2D eigenvalue weighted by atomic mass is 10.1. The Bertz CT molecular complexity index is 941. The van der Waals surface area contributed by atoms with Gasteiger partial charge in [0.25, 0.3) is 0 Å². The van der Waals surface area contributed by atoms with E-state index in [9.17, 15) is 8.42 Å². The molecule has 0 amide bonds. The first-order valence-electron chi connectivity index (χ1n) is 8.32. The van der Waals surface area contributed by atoms with E-state index in [1.807, 2.05) is 46.2 Å². The van der Waals surface area contributed by atoms with Gasteiger partial charge in [-0.15, -0.1) is 0 Å². The number of nitrogens with zero attached hydrogens (tertiary/aromatic N) is 2. The number of hydrogen-bond donors (Lipinski definition) is 0. The number of hydrogen-bond acceptors (Lipinski definition) is 3. The van der Waals surface area contributed by atoms with Crippen molar-refractivity contribution in [3.63, 3.8) is 0 Å². The molecule has 2 aromatic carbocycles. The topological polar surface area (TPSA) is 40.6 Å². The van der Waals surface area contributed by atoms with Crippen LogP contribution in [-0.2, 0) is 9.84 Å². The van der Waals surface area contributed by atoms with E-state index < -0.39 is 9.84 Å². The van der Waals surface area contributed by atoms with Crippen LogP contribution in [0.15, 0.2) is 48.5 Å². The molecular formula is C19H20N2O2S2. The van der Waals surface area contributed by atoms with Crippen molar-refractivity contribution in [2.24, 2.45) is 0 Å². The molecule has 2 fully saturated rings. The molecule has 2 atom stereocenters. The molecule has 0 radical (unpaired) electrons. The zero-order valence-electron chi connectivity index (χ0n) is 14.2. The van der Waals surface area contributed by atoms with E-state index in [0.717, 1.165) is 11.4 Å². The SMILES string of the molecule is Cc1ccc(N2C(=S)N(c3ccccc3)C3CS(=O)(=O)CC32)cc1C. The minimum absolute atomic E-state index is 0.137. The Hall–Kier alpha value is -1.92. The Morgan fingerprint density at radius 2 is 1.48 bits per heavy atom. The quantitative estimate of drug-likeness (QED) is 0.758. The van der Waals surface area contributed by atoms with Crippen LogP contribution in [0.4, 0.5) is 11.4 Å². The molecule has 2 unspecified atom stereocenters. The Labute approximate surface area is 154 Å². The fourth-order valence-electron chi connectivity index (χ4n) is 3.77. The van der Waals surface area contributed by atoms with E-state index in [0.29, 0.717) is 5.11 Å². The molecule has 2 heterocycles. The van der Waals surface area contributed by atoms with Gasteiger partial charge in [0.05, 0.1) is 23.6 Å². The van der Waals surface area contributed by atoms with Gasteiger partial charge in [0.2, 0.25) is 0 Å². The summed E-state index contributed by atoms with van der Waals surface area (Å²) in [5.74, 6) is 0.294. The van der Waals surface area contributed by atoms with Crippen LogP contribution in [0.5, 0.6) is 0 Å². The van der Waals surface area contributed by atoms with Crippen LogP contribution >= 0.6 is 12.2 Å². The third kappa shape index (κ3) is 2.73. The second-order valence-electron chi connectivity index (χ2n) is 6.84. The maximum atomic E-state index is 12.3. The van der Waals surface area contributed by atoms with Crippen molar-refractivity contribution in [2.45, 2.75) is 25.9 Å². The highest BCUT2D eigenvalue weighted by atomic mass is 32.2. The van der Waals surface area contributed by atoms with Gasteiger partial charge in [-0.3, -0.25) is 0 Å². The lowest BCUT2D eigenvalue weighted by Gasteiger charge is -2.26. The van der Waals surface area contributed by atoms with Crippen LogP contribution in [0.2, 0.25) is 0 Å². The average Bonchev–Trinajstić information content (AvgIpc) is 3.00. The van der Waals surface area contributed by atoms with Crippen molar-refractivity contribution < 1.29 is 8.42 Å². The summed E-state index contributed by atoms with van der Waals surface area (Å²) < 4.78 is 24.7. The summed E-state index contributed by atoms with van der Waals surface area (Å²) in [6, 6.07) is 15.7. The van der Waals surface area contributed by atoms with Gasteiger partial charge in [-0.2, -0.15) is 0 Å². The van der Waals surface area contributed by atoms with Crippen molar-refractivity contribution in [3.05, 3.63) is 59.7 Å². The lowest BCUT2D eigenvalue weighted by molar-refractivity contribution is 0.601. The maximum Gasteiger partial charge on any atom is 0.181 e. The van der Waals surface area contributed by atoms with E-state index in [2.05, 4.69) is 26.0 Å². The summed E-state index contributed by atoms with van der Waals surface area (Å²) in [5.41, 5.74) is 4.31.